The van der Waals surface area contributed by atoms with Gasteiger partial charge in [-0.3, -0.25) is 4.90 Å². The summed E-state index contributed by atoms with van der Waals surface area (Å²) in [6.07, 6.45) is 1.70. The Bertz CT molecular complexity index is 429. The number of hydrogen-bond acceptors (Lipinski definition) is 2. The Labute approximate surface area is 123 Å². The van der Waals surface area contributed by atoms with Gasteiger partial charge in [0.05, 0.1) is 0 Å². The molecule has 1 rings (SSSR count). The summed E-state index contributed by atoms with van der Waals surface area (Å²) in [5.74, 6) is -0.182. The molecule has 0 saturated carbocycles. The molecule has 3 heteroatoms. The summed E-state index contributed by atoms with van der Waals surface area (Å²) >= 11 is 0. The normalized spacial score (nSPS) is 16.2. The molecule has 20 heavy (non-hydrogen) atoms. The van der Waals surface area contributed by atoms with Crippen molar-refractivity contribution in [1.29, 1.82) is 0 Å². The van der Waals surface area contributed by atoms with E-state index in [4.69, 9.17) is 5.73 Å². The molecule has 0 aliphatic rings. The molecule has 0 aromatic heterocycles. The third kappa shape index (κ3) is 3.58. The monoisotopic (exact) mass is 280 g/mol. The van der Waals surface area contributed by atoms with Crippen LogP contribution in [0.25, 0.3) is 0 Å². The lowest BCUT2D eigenvalue weighted by Gasteiger charge is -2.44. The van der Waals surface area contributed by atoms with Crippen molar-refractivity contribution in [2.24, 2.45) is 5.73 Å². The van der Waals surface area contributed by atoms with Gasteiger partial charge >= 0.3 is 0 Å². The minimum atomic E-state index is -0.182. The highest BCUT2D eigenvalue weighted by Crippen LogP contribution is 2.25. The molecule has 1 aromatic rings. The van der Waals surface area contributed by atoms with E-state index in [1.54, 1.807) is 6.07 Å². The van der Waals surface area contributed by atoms with Crippen molar-refractivity contribution in [3.63, 3.8) is 0 Å². The molecule has 2 N–H and O–H groups in total. The fourth-order valence-corrected chi connectivity index (χ4v) is 2.98. The Kier molecular flexibility index (Phi) is 6.15. The average molecular weight is 280 g/mol. The van der Waals surface area contributed by atoms with E-state index in [9.17, 15) is 4.39 Å². The van der Waals surface area contributed by atoms with E-state index in [-0.39, 0.29) is 17.4 Å². The molecule has 0 fully saturated rings. The number of rotatable bonds is 7. The van der Waals surface area contributed by atoms with Gasteiger partial charge in [-0.1, -0.05) is 26.8 Å². The Morgan fingerprint density at radius 2 is 1.85 bits per heavy atom. The first kappa shape index (κ1) is 17.1. The van der Waals surface area contributed by atoms with E-state index in [0.29, 0.717) is 6.42 Å². The van der Waals surface area contributed by atoms with Crippen molar-refractivity contribution in [2.45, 2.75) is 59.0 Å². The van der Waals surface area contributed by atoms with Crippen molar-refractivity contribution in [3.8, 4) is 0 Å². The van der Waals surface area contributed by atoms with Crippen LogP contribution in [0, 0.1) is 12.7 Å². The molecule has 0 spiro atoms. The van der Waals surface area contributed by atoms with Crippen LogP contribution in [-0.4, -0.2) is 29.6 Å². The topological polar surface area (TPSA) is 29.3 Å². The van der Waals surface area contributed by atoms with Gasteiger partial charge in [0.1, 0.15) is 5.82 Å². The zero-order valence-corrected chi connectivity index (χ0v) is 13.5. The number of halogens is 1. The van der Waals surface area contributed by atoms with Crippen LogP contribution in [0.15, 0.2) is 18.2 Å². The van der Waals surface area contributed by atoms with Gasteiger partial charge in [0, 0.05) is 11.6 Å². The van der Waals surface area contributed by atoms with Crippen LogP contribution in [0.5, 0.6) is 0 Å². The van der Waals surface area contributed by atoms with E-state index in [0.717, 1.165) is 30.6 Å². The Hall–Kier alpha value is -0.930. The summed E-state index contributed by atoms with van der Waals surface area (Å²) in [5.41, 5.74) is 8.58. The molecule has 114 valence electrons. The van der Waals surface area contributed by atoms with Crippen LogP contribution < -0.4 is 5.73 Å². The van der Waals surface area contributed by atoms with Crippen LogP contribution >= 0.6 is 0 Å². The van der Waals surface area contributed by atoms with Crippen LogP contribution in [0.2, 0.25) is 0 Å². The molecule has 0 aliphatic heterocycles. The van der Waals surface area contributed by atoms with Crippen molar-refractivity contribution in [1.82, 2.24) is 4.90 Å². The largest absolute Gasteiger partial charge is 0.326 e. The molecule has 0 heterocycles. The van der Waals surface area contributed by atoms with Crippen molar-refractivity contribution >= 4 is 0 Å². The van der Waals surface area contributed by atoms with Gasteiger partial charge in [-0.25, -0.2) is 4.39 Å². The zero-order valence-electron chi connectivity index (χ0n) is 13.5. The van der Waals surface area contributed by atoms with E-state index in [1.807, 2.05) is 13.0 Å². The van der Waals surface area contributed by atoms with E-state index in [1.165, 1.54) is 6.07 Å². The van der Waals surface area contributed by atoms with Crippen molar-refractivity contribution in [3.05, 3.63) is 35.1 Å². The quantitative estimate of drug-likeness (QED) is 0.828. The van der Waals surface area contributed by atoms with Gasteiger partial charge in [0.15, 0.2) is 0 Å². The van der Waals surface area contributed by atoms with Gasteiger partial charge in [0.25, 0.3) is 0 Å². The SMILES string of the molecule is CCN(CC)C(C)(CC)C(N)Cc1cc(F)ccc1C. The second-order valence-corrected chi connectivity index (χ2v) is 5.76. The predicted molar refractivity (Wildman–Crippen MR) is 84.4 cm³/mol. The van der Waals surface area contributed by atoms with Gasteiger partial charge in [-0.05, 0) is 63.0 Å². The summed E-state index contributed by atoms with van der Waals surface area (Å²) < 4.78 is 13.4. The van der Waals surface area contributed by atoms with Gasteiger partial charge in [0.2, 0.25) is 0 Å². The number of likely N-dealkylation sites (N-methyl/N-ethyl adjacent to an activating group) is 1. The highest BCUT2D eigenvalue weighted by molar-refractivity contribution is 5.28. The minimum Gasteiger partial charge on any atom is -0.326 e. The van der Waals surface area contributed by atoms with Crippen molar-refractivity contribution in [2.75, 3.05) is 13.1 Å². The lowest BCUT2D eigenvalue weighted by atomic mass is 9.83. The first-order valence-electron chi connectivity index (χ1n) is 7.64. The summed E-state index contributed by atoms with van der Waals surface area (Å²) in [5, 5.41) is 0. The average Bonchev–Trinajstić information content (AvgIpc) is 2.43. The molecule has 1 aromatic carbocycles. The van der Waals surface area contributed by atoms with Gasteiger partial charge in [-0.2, -0.15) is 0 Å². The first-order valence-corrected chi connectivity index (χ1v) is 7.64. The summed E-state index contributed by atoms with van der Waals surface area (Å²) in [6, 6.07) is 4.95. The van der Waals surface area contributed by atoms with Crippen LogP contribution in [0.4, 0.5) is 4.39 Å². The Balaban J connectivity index is 2.97. The van der Waals surface area contributed by atoms with Crippen LogP contribution in [0.1, 0.15) is 45.2 Å². The number of hydrogen-bond donors (Lipinski definition) is 1. The second kappa shape index (κ2) is 7.19. The zero-order chi connectivity index (χ0) is 15.3. The number of aryl methyl sites for hydroxylation is 1. The molecule has 2 atom stereocenters. The van der Waals surface area contributed by atoms with Gasteiger partial charge in [-0.15, -0.1) is 0 Å². The second-order valence-electron chi connectivity index (χ2n) is 5.76. The lowest BCUT2D eigenvalue weighted by Crippen LogP contribution is -2.58. The summed E-state index contributed by atoms with van der Waals surface area (Å²) in [6.45, 7) is 12.7. The van der Waals surface area contributed by atoms with Crippen molar-refractivity contribution < 1.29 is 4.39 Å². The predicted octanol–water partition coefficient (Wildman–Crippen LogP) is 3.51. The number of nitrogens with zero attached hydrogens (tertiary/aromatic N) is 1. The highest BCUT2D eigenvalue weighted by atomic mass is 19.1. The molecule has 0 radical (unpaired) electrons. The Morgan fingerprint density at radius 1 is 1.25 bits per heavy atom. The number of nitrogens with two attached hydrogens (primary N) is 1. The molecule has 0 aliphatic carbocycles. The maximum absolute atomic E-state index is 13.4. The molecule has 2 unspecified atom stereocenters. The standard InChI is InChI=1S/C17H29FN2/c1-6-17(5,20(7-2)8-3)16(19)12-14-11-15(18)10-9-13(14)4/h9-11,16H,6-8,12,19H2,1-5H3. The summed E-state index contributed by atoms with van der Waals surface area (Å²) in [7, 11) is 0. The lowest BCUT2D eigenvalue weighted by molar-refractivity contribution is 0.0844. The van der Waals surface area contributed by atoms with E-state index >= 15 is 0 Å². The molecule has 0 saturated heterocycles. The van der Waals surface area contributed by atoms with E-state index < -0.39 is 0 Å². The summed E-state index contributed by atoms with van der Waals surface area (Å²) in [4.78, 5) is 2.41. The van der Waals surface area contributed by atoms with Crippen LogP contribution in [-0.2, 0) is 6.42 Å². The smallest absolute Gasteiger partial charge is 0.123 e. The van der Waals surface area contributed by atoms with Gasteiger partial charge < -0.3 is 5.73 Å². The molecular formula is C17H29FN2. The first-order chi connectivity index (χ1) is 9.38. The molecule has 0 bridgehead atoms. The fourth-order valence-electron chi connectivity index (χ4n) is 2.98. The third-order valence-electron chi connectivity index (χ3n) is 4.75. The molecular weight excluding hydrogens is 251 g/mol. The fraction of sp³-hybridized carbons (Fsp3) is 0.647. The maximum Gasteiger partial charge on any atom is 0.123 e. The number of benzene rings is 1. The van der Waals surface area contributed by atoms with E-state index in [2.05, 4.69) is 32.6 Å². The van der Waals surface area contributed by atoms with Crippen LogP contribution in [0.3, 0.4) is 0 Å². The third-order valence-corrected chi connectivity index (χ3v) is 4.75. The minimum absolute atomic E-state index is 0.00657. The maximum atomic E-state index is 13.4. The highest BCUT2D eigenvalue weighted by Gasteiger charge is 2.34. The molecule has 2 nitrogen and oxygen atoms in total. The Morgan fingerprint density at radius 3 is 2.35 bits per heavy atom. The molecule has 0 amide bonds.